The Kier molecular flexibility index (Phi) is 6.10. The number of anilines is 2. The fourth-order valence-corrected chi connectivity index (χ4v) is 2.46. The van der Waals surface area contributed by atoms with Crippen LogP contribution in [-0.2, 0) is 11.2 Å². The van der Waals surface area contributed by atoms with Gasteiger partial charge in [0.2, 0.25) is 5.91 Å². The Morgan fingerprint density at radius 1 is 1.09 bits per heavy atom. The second-order valence-electron chi connectivity index (χ2n) is 4.86. The van der Waals surface area contributed by atoms with Crippen LogP contribution in [0.1, 0.15) is 18.9 Å². The van der Waals surface area contributed by atoms with Gasteiger partial charge in [0.25, 0.3) is 0 Å². The van der Waals surface area contributed by atoms with Crippen molar-refractivity contribution in [2.75, 3.05) is 17.2 Å². The molecule has 0 atom stereocenters. The zero-order valence-corrected chi connectivity index (χ0v) is 13.8. The Hall–Kier alpha value is -1.71. The number of nitrogens with one attached hydrogen (secondary N) is 2. The van der Waals surface area contributed by atoms with Crippen LogP contribution in [0.3, 0.4) is 0 Å². The van der Waals surface area contributed by atoms with Crippen LogP contribution < -0.4 is 10.6 Å². The predicted octanol–water partition coefficient (Wildman–Crippen LogP) is 5.00. The van der Waals surface area contributed by atoms with Crippen LogP contribution in [-0.4, -0.2) is 12.5 Å². The number of hydrogen-bond acceptors (Lipinski definition) is 2. The fourth-order valence-electron chi connectivity index (χ4n) is 2.11. The molecule has 3 nitrogen and oxygen atoms in total. The summed E-state index contributed by atoms with van der Waals surface area (Å²) in [5, 5.41) is 7.25. The summed E-state index contributed by atoms with van der Waals surface area (Å²) in [6.45, 7) is 2.55. The molecule has 22 heavy (non-hydrogen) atoms. The summed E-state index contributed by atoms with van der Waals surface area (Å²) in [7, 11) is 0. The Balaban J connectivity index is 1.87. The molecule has 0 unspecified atom stereocenters. The third kappa shape index (κ3) is 4.65. The first-order chi connectivity index (χ1) is 10.6. The molecule has 0 aliphatic carbocycles. The summed E-state index contributed by atoms with van der Waals surface area (Å²) >= 11 is 12.0. The molecule has 0 heterocycles. The molecule has 0 bridgehead atoms. The van der Waals surface area contributed by atoms with E-state index in [0.717, 1.165) is 23.4 Å². The maximum Gasteiger partial charge on any atom is 0.226 e. The molecule has 2 rings (SSSR count). The zero-order valence-electron chi connectivity index (χ0n) is 12.3. The van der Waals surface area contributed by atoms with Gasteiger partial charge < -0.3 is 10.6 Å². The van der Waals surface area contributed by atoms with Crippen molar-refractivity contribution in [3.63, 3.8) is 0 Å². The summed E-state index contributed by atoms with van der Waals surface area (Å²) in [5.41, 5.74) is 2.73. The Bertz CT molecular complexity index is 659. The van der Waals surface area contributed by atoms with Gasteiger partial charge in [-0.15, -0.1) is 0 Å². The number of carbonyl (C=O) groups excluding carboxylic acids is 1. The first-order valence-corrected chi connectivity index (χ1v) is 7.92. The average molecular weight is 337 g/mol. The molecular formula is C17H18Cl2N2O. The third-order valence-corrected chi connectivity index (χ3v) is 3.83. The lowest BCUT2D eigenvalue weighted by atomic mass is 10.1. The van der Waals surface area contributed by atoms with E-state index < -0.39 is 0 Å². The van der Waals surface area contributed by atoms with E-state index in [2.05, 4.69) is 17.6 Å². The van der Waals surface area contributed by atoms with E-state index in [1.807, 2.05) is 24.3 Å². The molecule has 0 fully saturated rings. The SMILES string of the molecule is CCc1ccccc1NC(=O)CCNc1cc(Cl)ccc1Cl. The third-order valence-electron chi connectivity index (χ3n) is 3.27. The van der Waals surface area contributed by atoms with Crippen molar-refractivity contribution in [3.8, 4) is 0 Å². The maximum atomic E-state index is 12.0. The van der Waals surface area contributed by atoms with Gasteiger partial charge >= 0.3 is 0 Å². The molecule has 1 amide bonds. The first kappa shape index (κ1) is 16.7. The van der Waals surface area contributed by atoms with Crippen LogP contribution in [0.15, 0.2) is 42.5 Å². The highest BCUT2D eigenvalue weighted by molar-refractivity contribution is 6.35. The molecule has 5 heteroatoms. The maximum absolute atomic E-state index is 12.0. The quantitative estimate of drug-likeness (QED) is 0.779. The topological polar surface area (TPSA) is 41.1 Å². The number of benzene rings is 2. The molecule has 2 N–H and O–H groups in total. The molecule has 0 spiro atoms. The molecule has 0 saturated heterocycles. The number of carbonyl (C=O) groups is 1. The number of halogens is 2. The molecule has 0 aliphatic heterocycles. The van der Waals surface area contributed by atoms with Crippen LogP contribution in [0.2, 0.25) is 10.0 Å². The van der Waals surface area contributed by atoms with Crippen molar-refractivity contribution >= 4 is 40.5 Å². The number of hydrogen-bond donors (Lipinski definition) is 2. The molecular weight excluding hydrogens is 319 g/mol. The number of para-hydroxylation sites is 1. The van der Waals surface area contributed by atoms with Crippen LogP contribution in [0.25, 0.3) is 0 Å². The normalized spacial score (nSPS) is 10.3. The first-order valence-electron chi connectivity index (χ1n) is 7.17. The molecule has 116 valence electrons. The van der Waals surface area contributed by atoms with Crippen LogP contribution in [0, 0.1) is 0 Å². The largest absolute Gasteiger partial charge is 0.383 e. The minimum atomic E-state index is -0.0356. The molecule has 0 radical (unpaired) electrons. The van der Waals surface area contributed by atoms with Gasteiger partial charge in [0, 0.05) is 23.7 Å². The van der Waals surface area contributed by atoms with Crippen molar-refractivity contribution in [2.24, 2.45) is 0 Å². The molecule has 2 aromatic rings. The van der Waals surface area contributed by atoms with E-state index in [0.29, 0.717) is 23.0 Å². The highest BCUT2D eigenvalue weighted by Crippen LogP contribution is 2.25. The van der Waals surface area contributed by atoms with Crippen molar-refractivity contribution in [1.29, 1.82) is 0 Å². The average Bonchev–Trinajstić information content (AvgIpc) is 2.51. The summed E-state index contributed by atoms with van der Waals surface area (Å²) in [6.07, 6.45) is 1.23. The number of rotatable bonds is 6. The van der Waals surface area contributed by atoms with Crippen LogP contribution >= 0.6 is 23.2 Å². The minimum absolute atomic E-state index is 0.0356. The van der Waals surface area contributed by atoms with Gasteiger partial charge in [-0.25, -0.2) is 0 Å². The van der Waals surface area contributed by atoms with E-state index >= 15 is 0 Å². The van der Waals surface area contributed by atoms with E-state index in [-0.39, 0.29) is 5.91 Å². The highest BCUT2D eigenvalue weighted by atomic mass is 35.5. The minimum Gasteiger partial charge on any atom is -0.383 e. The number of aryl methyl sites for hydroxylation is 1. The van der Waals surface area contributed by atoms with E-state index in [1.54, 1.807) is 18.2 Å². The van der Waals surface area contributed by atoms with Crippen molar-refractivity contribution in [3.05, 3.63) is 58.1 Å². The van der Waals surface area contributed by atoms with Gasteiger partial charge in [0.15, 0.2) is 0 Å². The lowest BCUT2D eigenvalue weighted by molar-refractivity contribution is -0.115. The molecule has 0 saturated carbocycles. The van der Waals surface area contributed by atoms with E-state index in [9.17, 15) is 4.79 Å². The lowest BCUT2D eigenvalue weighted by Gasteiger charge is -2.11. The summed E-state index contributed by atoms with van der Waals surface area (Å²) in [5.74, 6) is -0.0356. The van der Waals surface area contributed by atoms with E-state index in [1.165, 1.54) is 0 Å². The molecule has 2 aromatic carbocycles. The van der Waals surface area contributed by atoms with E-state index in [4.69, 9.17) is 23.2 Å². The monoisotopic (exact) mass is 336 g/mol. The van der Waals surface area contributed by atoms with Gasteiger partial charge in [0.1, 0.15) is 0 Å². The Morgan fingerprint density at radius 2 is 1.86 bits per heavy atom. The van der Waals surface area contributed by atoms with Crippen molar-refractivity contribution < 1.29 is 4.79 Å². The van der Waals surface area contributed by atoms with Gasteiger partial charge in [-0.05, 0) is 36.2 Å². The van der Waals surface area contributed by atoms with Crippen molar-refractivity contribution in [2.45, 2.75) is 19.8 Å². The summed E-state index contributed by atoms with van der Waals surface area (Å²) < 4.78 is 0. The van der Waals surface area contributed by atoms with Crippen molar-refractivity contribution in [1.82, 2.24) is 0 Å². The fraction of sp³-hybridized carbons (Fsp3) is 0.235. The predicted molar refractivity (Wildman–Crippen MR) is 94.0 cm³/mol. The van der Waals surface area contributed by atoms with Crippen LogP contribution in [0.5, 0.6) is 0 Å². The Morgan fingerprint density at radius 3 is 2.64 bits per heavy atom. The van der Waals surface area contributed by atoms with Crippen LogP contribution in [0.4, 0.5) is 11.4 Å². The highest BCUT2D eigenvalue weighted by Gasteiger charge is 2.06. The summed E-state index contributed by atoms with van der Waals surface area (Å²) in [6, 6.07) is 13.0. The van der Waals surface area contributed by atoms with Gasteiger partial charge in [0.05, 0.1) is 10.7 Å². The standard InChI is InChI=1S/C17H18Cl2N2O/c1-2-12-5-3-4-6-15(12)21-17(22)9-10-20-16-11-13(18)7-8-14(16)19/h3-8,11,20H,2,9-10H2,1H3,(H,21,22). The number of amides is 1. The smallest absolute Gasteiger partial charge is 0.226 e. The lowest BCUT2D eigenvalue weighted by Crippen LogP contribution is -2.17. The van der Waals surface area contributed by atoms with Gasteiger partial charge in [-0.1, -0.05) is 48.3 Å². The van der Waals surface area contributed by atoms with Gasteiger partial charge in [-0.2, -0.15) is 0 Å². The zero-order chi connectivity index (χ0) is 15.9. The Labute approximate surface area is 140 Å². The van der Waals surface area contributed by atoms with Gasteiger partial charge in [-0.3, -0.25) is 4.79 Å². The molecule has 0 aliphatic rings. The second-order valence-corrected chi connectivity index (χ2v) is 5.70. The molecule has 0 aromatic heterocycles. The second kappa shape index (κ2) is 8.06. The summed E-state index contributed by atoms with van der Waals surface area (Å²) in [4.78, 5) is 12.0.